The highest BCUT2D eigenvalue weighted by Gasteiger charge is 2.04. The maximum atomic E-state index is 5.89. The molecule has 0 bridgehead atoms. The third kappa shape index (κ3) is 5.87. The van der Waals surface area contributed by atoms with E-state index in [-0.39, 0.29) is 6.04 Å². The average molecular weight is 369 g/mol. The van der Waals surface area contributed by atoms with Crippen LogP contribution in [0.1, 0.15) is 12.6 Å². The quantitative estimate of drug-likeness (QED) is 0.465. The van der Waals surface area contributed by atoms with Crippen molar-refractivity contribution in [3.63, 3.8) is 0 Å². The van der Waals surface area contributed by atoms with Crippen molar-refractivity contribution >= 4 is 46.5 Å². The summed E-state index contributed by atoms with van der Waals surface area (Å²) in [4.78, 5) is 4.50. The Kier molecular flexibility index (Phi) is 6.91. The molecule has 1 atom stereocenters. The molecule has 1 heterocycles. The van der Waals surface area contributed by atoms with Gasteiger partial charge in [0.05, 0.1) is 18.5 Å². The summed E-state index contributed by atoms with van der Waals surface area (Å²) in [6.07, 6.45) is 1.63. The lowest BCUT2D eigenvalue weighted by molar-refractivity contribution is 0.179. The zero-order chi connectivity index (χ0) is 16.7. The minimum Gasteiger partial charge on any atom is -0.383 e. The summed E-state index contributed by atoms with van der Waals surface area (Å²) >= 11 is 12.6. The second kappa shape index (κ2) is 8.93. The Morgan fingerprint density at radius 2 is 2.22 bits per heavy atom. The van der Waals surface area contributed by atoms with Gasteiger partial charge in [0.25, 0.3) is 0 Å². The molecule has 5 nitrogen and oxygen atoms in total. The molecule has 0 fully saturated rings. The Bertz CT molecular complexity index is 672. The number of ether oxygens (including phenoxy) is 1. The molecule has 0 unspecified atom stereocenters. The van der Waals surface area contributed by atoms with E-state index in [9.17, 15) is 0 Å². The average Bonchev–Trinajstić information content (AvgIpc) is 2.97. The lowest BCUT2D eigenvalue weighted by Gasteiger charge is -2.13. The van der Waals surface area contributed by atoms with Gasteiger partial charge in [-0.3, -0.25) is 5.43 Å². The van der Waals surface area contributed by atoms with Crippen LogP contribution in [0.2, 0.25) is 5.02 Å². The Balaban J connectivity index is 1.89. The van der Waals surface area contributed by atoms with Gasteiger partial charge >= 0.3 is 0 Å². The molecule has 2 N–H and O–H groups in total. The van der Waals surface area contributed by atoms with Gasteiger partial charge in [0.15, 0.2) is 5.11 Å². The molecule has 1 aromatic carbocycles. The van der Waals surface area contributed by atoms with Crippen LogP contribution in [0.3, 0.4) is 0 Å². The van der Waals surface area contributed by atoms with Gasteiger partial charge in [0.2, 0.25) is 0 Å². The van der Waals surface area contributed by atoms with Crippen molar-refractivity contribution in [1.29, 1.82) is 0 Å². The van der Waals surface area contributed by atoms with E-state index >= 15 is 0 Å². The number of halogens is 1. The number of benzene rings is 1. The second-order valence-corrected chi connectivity index (χ2v) is 6.49. The summed E-state index contributed by atoms with van der Waals surface area (Å²) in [7, 11) is 1.65. The van der Waals surface area contributed by atoms with Crippen molar-refractivity contribution in [3.05, 3.63) is 40.4 Å². The normalized spacial score (nSPS) is 12.3. The molecular weight excluding hydrogens is 352 g/mol. The van der Waals surface area contributed by atoms with Crippen molar-refractivity contribution in [2.24, 2.45) is 5.10 Å². The van der Waals surface area contributed by atoms with Crippen LogP contribution in [0.5, 0.6) is 0 Å². The summed E-state index contributed by atoms with van der Waals surface area (Å²) in [6, 6.07) is 7.69. The second-order valence-electron chi connectivity index (χ2n) is 4.78. The fraction of sp³-hybridized carbons (Fsp3) is 0.267. The van der Waals surface area contributed by atoms with Gasteiger partial charge in [-0.15, -0.1) is 11.3 Å². The maximum absolute atomic E-state index is 5.89. The Morgan fingerprint density at radius 3 is 2.91 bits per heavy atom. The molecule has 0 aliphatic rings. The van der Waals surface area contributed by atoms with Crippen molar-refractivity contribution in [2.45, 2.75) is 13.0 Å². The number of hydrogen-bond donors (Lipinski definition) is 2. The predicted octanol–water partition coefficient (Wildman–Crippen LogP) is 3.30. The van der Waals surface area contributed by atoms with Crippen LogP contribution in [0, 0.1) is 0 Å². The third-order valence-electron chi connectivity index (χ3n) is 2.77. The van der Waals surface area contributed by atoms with Crippen LogP contribution in [0.4, 0.5) is 0 Å². The molecule has 0 saturated heterocycles. The van der Waals surface area contributed by atoms with Gasteiger partial charge in [-0.2, -0.15) is 5.10 Å². The summed E-state index contributed by atoms with van der Waals surface area (Å²) < 4.78 is 5.03. The highest BCUT2D eigenvalue weighted by molar-refractivity contribution is 7.80. The van der Waals surface area contributed by atoms with E-state index in [0.717, 1.165) is 16.3 Å². The number of rotatable bonds is 6. The number of nitrogens with zero attached hydrogens (tertiary/aromatic N) is 2. The Morgan fingerprint density at radius 1 is 1.48 bits per heavy atom. The van der Waals surface area contributed by atoms with Crippen LogP contribution < -0.4 is 10.7 Å². The van der Waals surface area contributed by atoms with Crippen LogP contribution in [0.25, 0.3) is 10.6 Å². The summed E-state index contributed by atoms with van der Waals surface area (Å²) in [5, 5.41) is 11.1. The fourth-order valence-electron chi connectivity index (χ4n) is 1.78. The van der Waals surface area contributed by atoms with Crippen molar-refractivity contribution < 1.29 is 4.74 Å². The lowest BCUT2D eigenvalue weighted by Crippen LogP contribution is -2.40. The topological polar surface area (TPSA) is 58.5 Å². The molecule has 122 valence electrons. The minimum atomic E-state index is 0.117. The van der Waals surface area contributed by atoms with E-state index in [2.05, 4.69) is 20.8 Å². The first-order valence-electron chi connectivity index (χ1n) is 6.88. The molecule has 0 radical (unpaired) electrons. The summed E-state index contributed by atoms with van der Waals surface area (Å²) in [6.45, 7) is 2.54. The zero-order valence-corrected chi connectivity index (χ0v) is 15.1. The number of hydrazone groups is 1. The lowest BCUT2D eigenvalue weighted by atomic mass is 10.2. The molecule has 23 heavy (non-hydrogen) atoms. The molecule has 0 aliphatic heterocycles. The number of aromatic nitrogens is 1. The van der Waals surface area contributed by atoms with E-state index in [1.54, 1.807) is 24.7 Å². The first-order chi connectivity index (χ1) is 11.1. The summed E-state index contributed by atoms with van der Waals surface area (Å²) in [5.74, 6) is 0. The number of thiocarbonyl (C=S) groups is 1. The molecule has 0 spiro atoms. The molecule has 2 aromatic rings. The third-order valence-corrected chi connectivity index (χ3v) is 4.14. The van der Waals surface area contributed by atoms with Crippen molar-refractivity contribution in [1.82, 2.24) is 15.7 Å². The monoisotopic (exact) mass is 368 g/mol. The molecule has 8 heteroatoms. The summed E-state index contributed by atoms with van der Waals surface area (Å²) in [5.41, 5.74) is 4.55. The van der Waals surface area contributed by atoms with Gasteiger partial charge < -0.3 is 10.1 Å². The van der Waals surface area contributed by atoms with Gasteiger partial charge in [-0.25, -0.2) is 4.98 Å². The van der Waals surface area contributed by atoms with Gasteiger partial charge in [-0.05, 0) is 31.3 Å². The number of hydrogen-bond acceptors (Lipinski definition) is 5. The first kappa shape index (κ1) is 17.8. The molecule has 2 rings (SSSR count). The van der Waals surface area contributed by atoms with Crippen LogP contribution in [0.15, 0.2) is 34.7 Å². The number of thiazole rings is 1. The van der Waals surface area contributed by atoms with E-state index in [1.807, 2.05) is 36.6 Å². The number of nitrogens with one attached hydrogen (secondary N) is 2. The Hall–Kier alpha value is -1.54. The largest absolute Gasteiger partial charge is 0.383 e. The van der Waals surface area contributed by atoms with Gasteiger partial charge in [0, 0.05) is 29.1 Å². The maximum Gasteiger partial charge on any atom is 0.187 e. The molecule has 0 saturated carbocycles. The first-order valence-corrected chi connectivity index (χ1v) is 8.55. The van der Waals surface area contributed by atoms with Gasteiger partial charge in [0.1, 0.15) is 5.01 Å². The van der Waals surface area contributed by atoms with E-state index < -0.39 is 0 Å². The SMILES string of the molecule is COC[C@H](C)NC(=S)N/N=C\c1csc(-c2ccc(Cl)cc2)n1. The fourth-order valence-corrected chi connectivity index (χ4v) is 2.93. The highest BCUT2D eigenvalue weighted by Crippen LogP contribution is 2.24. The van der Waals surface area contributed by atoms with Crippen molar-refractivity contribution in [3.8, 4) is 10.6 Å². The van der Waals surface area contributed by atoms with Crippen molar-refractivity contribution in [2.75, 3.05) is 13.7 Å². The molecule has 1 aromatic heterocycles. The van der Waals surface area contributed by atoms with E-state index in [4.69, 9.17) is 28.6 Å². The number of methoxy groups -OCH3 is 1. The predicted molar refractivity (Wildman–Crippen MR) is 100 cm³/mol. The Labute approximate surface area is 149 Å². The van der Waals surface area contributed by atoms with E-state index in [0.29, 0.717) is 16.7 Å². The highest BCUT2D eigenvalue weighted by atomic mass is 35.5. The van der Waals surface area contributed by atoms with Crippen LogP contribution in [-0.2, 0) is 4.74 Å². The van der Waals surface area contributed by atoms with Gasteiger partial charge in [-0.1, -0.05) is 23.7 Å². The van der Waals surface area contributed by atoms with E-state index in [1.165, 1.54) is 0 Å². The molecule has 0 amide bonds. The van der Waals surface area contributed by atoms with Crippen LogP contribution >= 0.6 is 35.2 Å². The zero-order valence-electron chi connectivity index (χ0n) is 12.7. The van der Waals surface area contributed by atoms with Crippen LogP contribution in [-0.4, -0.2) is 36.1 Å². The molecule has 0 aliphatic carbocycles. The smallest absolute Gasteiger partial charge is 0.187 e. The molecular formula is C15H17ClN4OS2. The minimum absolute atomic E-state index is 0.117. The standard InChI is InChI=1S/C15H17ClN4OS2/c1-10(8-21-2)18-15(22)20-17-7-13-9-23-14(19-13)11-3-5-12(16)6-4-11/h3-7,9-10H,8H2,1-2H3,(H2,18,20,22)/b17-7-/t10-/m0/s1.